The van der Waals surface area contributed by atoms with Gasteiger partial charge in [-0.1, -0.05) is 29.3 Å². The van der Waals surface area contributed by atoms with Crippen LogP contribution in [0.2, 0.25) is 5.02 Å². The second-order valence-corrected chi connectivity index (χ2v) is 6.03. The highest BCUT2D eigenvalue weighted by molar-refractivity contribution is 7.99. The summed E-state index contributed by atoms with van der Waals surface area (Å²) in [4.78, 5) is 12.2. The Morgan fingerprint density at radius 3 is 2.62 bits per heavy atom. The van der Waals surface area contributed by atoms with Crippen LogP contribution >= 0.6 is 23.4 Å². The van der Waals surface area contributed by atoms with Gasteiger partial charge in [0.15, 0.2) is 0 Å². The summed E-state index contributed by atoms with van der Waals surface area (Å²) in [6.07, 6.45) is 0. The van der Waals surface area contributed by atoms with Crippen LogP contribution in [-0.4, -0.2) is 23.4 Å². The molecule has 0 heterocycles. The molecule has 0 aliphatic heterocycles. The molecule has 0 saturated heterocycles. The van der Waals surface area contributed by atoms with Crippen molar-refractivity contribution in [2.45, 2.75) is 11.8 Å². The minimum absolute atomic E-state index is 0.0559. The molecule has 5 heteroatoms. The average molecular weight is 323 g/mol. The van der Waals surface area contributed by atoms with Gasteiger partial charge in [-0.25, -0.2) is 4.79 Å². The minimum Gasteiger partial charge on any atom is -0.493 e. The molecule has 0 bridgehead atoms. The number of rotatable bonds is 6. The van der Waals surface area contributed by atoms with Crippen LogP contribution < -0.4 is 4.74 Å². The van der Waals surface area contributed by atoms with E-state index in [1.165, 1.54) is 22.6 Å². The summed E-state index contributed by atoms with van der Waals surface area (Å²) in [6, 6.07) is 12.9. The molecule has 2 aromatic carbocycles. The van der Waals surface area contributed by atoms with E-state index in [1.54, 1.807) is 17.8 Å². The standard InChI is InChI=1S/C16H15ClO3S/c1-11-2-5-13(6-3-11)21-9-8-20-12-4-7-15(17)14(10-12)16(18)19/h2-7,10H,8-9H2,1H3,(H,18,19). The molecule has 3 nitrogen and oxygen atoms in total. The molecule has 0 fully saturated rings. The summed E-state index contributed by atoms with van der Waals surface area (Å²) in [5.74, 6) is 0.245. The highest BCUT2D eigenvalue weighted by Gasteiger charge is 2.09. The number of carbonyl (C=O) groups is 1. The van der Waals surface area contributed by atoms with E-state index in [0.717, 1.165) is 5.75 Å². The van der Waals surface area contributed by atoms with Gasteiger partial charge in [0.05, 0.1) is 17.2 Å². The minimum atomic E-state index is -1.06. The molecule has 2 aromatic rings. The van der Waals surface area contributed by atoms with Gasteiger partial charge in [0.2, 0.25) is 0 Å². The molecule has 0 aromatic heterocycles. The largest absolute Gasteiger partial charge is 0.493 e. The third-order valence-electron chi connectivity index (χ3n) is 2.81. The average Bonchev–Trinajstić information content (AvgIpc) is 2.46. The van der Waals surface area contributed by atoms with Crippen LogP contribution in [0.1, 0.15) is 15.9 Å². The van der Waals surface area contributed by atoms with E-state index in [4.69, 9.17) is 21.4 Å². The molecule has 2 rings (SSSR count). The lowest BCUT2D eigenvalue weighted by molar-refractivity contribution is 0.0696. The Kier molecular flexibility index (Phi) is 5.53. The first-order valence-electron chi connectivity index (χ1n) is 6.41. The first kappa shape index (κ1) is 15.7. The predicted octanol–water partition coefficient (Wildman–Crippen LogP) is 4.52. The number of halogens is 1. The fourth-order valence-electron chi connectivity index (χ4n) is 1.71. The normalized spacial score (nSPS) is 10.4. The van der Waals surface area contributed by atoms with Gasteiger partial charge < -0.3 is 9.84 Å². The van der Waals surface area contributed by atoms with Gasteiger partial charge in [0.1, 0.15) is 5.75 Å². The number of carboxylic acid groups (broad SMARTS) is 1. The molecule has 0 unspecified atom stereocenters. The van der Waals surface area contributed by atoms with Crippen molar-refractivity contribution in [2.24, 2.45) is 0 Å². The number of hydrogen-bond donors (Lipinski definition) is 1. The number of aryl methyl sites for hydroxylation is 1. The summed E-state index contributed by atoms with van der Waals surface area (Å²) < 4.78 is 5.55. The Labute approximate surface area is 132 Å². The number of benzene rings is 2. The van der Waals surface area contributed by atoms with Crippen molar-refractivity contribution in [1.29, 1.82) is 0 Å². The number of ether oxygens (including phenoxy) is 1. The number of carboxylic acids is 1. The van der Waals surface area contributed by atoms with Crippen LogP contribution in [0.25, 0.3) is 0 Å². The highest BCUT2D eigenvalue weighted by Crippen LogP contribution is 2.23. The second kappa shape index (κ2) is 7.38. The Morgan fingerprint density at radius 1 is 1.24 bits per heavy atom. The van der Waals surface area contributed by atoms with Crippen molar-refractivity contribution in [1.82, 2.24) is 0 Å². The quantitative estimate of drug-likeness (QED) is 0.627. The topological polar surface area (TPSA) is 46.5 Å². The van der Waals surface area contributed by atoms with E-state index < -0.39 is 5.97 Å². The molecule has 110 valence electrons. The number of thioether (sulfide) groups is 1. The van der Waals surface area contributed by atoms with Crippen LogP contribution in [0.15, 0.2) is 47.4 Å². The molecule has 0 aliphatic rings. The Balaban J connectivity index is 1.85. The molecule has 0 aliphatic carbocycles. The van der Waals surface area contributed by atoms with Crippen LogP contribution in [0.4, 0.5) is 0 Å². The molecular formula is C16H15ClO3S. The lowest BCUT2D eigenvalue weighted by Crippen LogP contribution is -2.02. The fourth-order valence-corrected chi connectivity index (χ4v) is 2.64. The maximum Gasteiger partial charge on any atom is 0.337 e. The highest BCUT2D eigenvalue weighted by atomic mass is 35.5. The first-order chi connectivity index (χ1) is 10.1. The Bertz CT molecular complexity index is 626. The van der Waals surface area contributed by atoms with Gasteiger partial charge >= 0.3 is 5.97 Å². The van der Waals surface area contributed by atoms with Gasteiger partial charge in [-0.3, -0.25) is 0 Å². The van der Waals surface area contributed by atoms with Gasteiger partial charge in [0.25, 0.3) is 0 Å². The Morgan fingerprint density at radius 2 is 1.95 bits per heavy atom. The van der Waals surface area contributed by atoms with Gasteiger partial charge in [-0.15, -0.1) is 11.8 Å². The van der Waals surface area contributed by atoms with E-state index in [1.807, 2.05) is 0 Å². The molecule has 1 N–H and O–H groups in total. The van der Waals surface area contributed by atoms with E-state index in [9.17, 15) is 4.79 Å². The predicted molar refractivity (Wildman–Crippen MR) is 85.8 cm³/mol. The van der Waals surface area contributed by atoms with Gasteiger partial charge in [0, 0.05) is 10.6 Å². The summed E-state index contributed by atoms with van der Waals surface area (Å²) in [6.45, 7) is 2.55. The second-order valence-electron chi connectivity index (χ2n) is 4.46. The third kappa shape index (κ3) is 4.69. The van der Waals surface area contributed by atoms with Crippen LogP contribution in [0.3, 0.4) is 0 Å². The molecule has 0 atom stereocenters. The summed E-state index contributed by atoms with van der Waals surface area (Å²) in [7, 11) is 0. The smallest absolute Gasteiger partial charge is 0.337 e. The van der Waals surface area contributed by atoms with Crippen molar-refractivity contribution in [2.75, 3.05) is 12.4 Å². The van der Waals surface area contributed by atoms with Crippen molar-refractivity contribution in [3.05, 3.63) is 58.6 Å². The first-order valence-corrected chi connectivity index (χ1v) is 7.78. The monoisotopic (exact) mass is 322 g/mol. The van der Waals surface area contributed by atoms with Crippen molar-refractivity contribution in [3.63, 3.8) is 0 Å². The summed E-state index contributed by atoms with van der Waals surface area (Å²) >= 11 is 7.50. The zero-order valence-electron chi connectivity index (χ0n) is 11.5. The SMILES string of the molecule is Cc1ccc(SCCOc2ccc(Cl)c(C(=O)O)c2)cc1. The summed E-state index contributed by atoms with van der Waals surface area (Å²) in [5, 5.41) is 9.20. The van der Waals surface area contributed by atoms with Gasteiger partial charge in [-0.05, 0) is 37.3 Å². The molecule has 0 spiro atoms. The zero-order valence-corrected chi connectivity index (χ0v) is 13.1. The lowest BCUT2D eigenvalue weighted by atomic mass is 10.2. The van der Waals surface area contributed by atoms with Crippen molar-refractivity contribution in [3.8, 4) is 5.75 Å². The summed E-state index contributed by atoms with van der Waals surface area (Å²) in [5.41, 5.74) is 1.29. The van der Waals surface area contributed by atoms with E-state index in [-0.39, 0.29) is 10.6 Å². The Hall–Kier alpha value is -1.65. The number of aromatic carboxylic acids is 1. The maximum atomic E-state index is 11.0. The zero-order chi connectivity index (χ0) is 15.2. The molecule has 0 amide bonds. The van der Waals surface area contributed by atoms with E-state index in [0.29, 0.717) is 12.4 Å². The molecule has 0 saturated carbocycles. The molecule has 0 radical (unpaired) electrons. The lowest BCUT2D eigenvalue weighted by Gasteiger charge is -2.08. The van der Waals surface area contributed by atoms with Gasteiger partial charge in [-0.2, -0.15) is 0 Å². The van der Waals surface area contributed by atoms with Crippen LogP contribution in [0.5, 0.6) is 5.75 Å². The maximum absolute atomic E-state index is 11.0. The number of hydrogen-bond acceptors (Lipinski definition) is 3. The van der Waals surface area contributed by atoms with Crippen molar-refractivity contribution >= 4 is 29.3 Å². The molecular weight excluding hydrogens is 308 g/mol. The van der Waals surface area contributed by atoms with E-state index >= 15 is 0 Å². The molecule has 21 heavy (non-hydrogen) atoms. The van der Waals surface area contributed by atoms with Crippen LogP contribution in [-0.2, 0) is 0 Å². The third-order valence-corrected chi connectivity index (χ3v) is 4.12. The van der Waals surface area contributed by atoms with Crippen LogP contribution in [0, 0.1) is 6.92 Å². The van der Waals surface area contributed by atoms with E-state index in [2.05, 4.69) is 31.2 Å². The fraction of sp³-hybridized carbons (Fsp3) is 0.188. The van der Waals surface area contributed by atoms with Crippen molar-refractivity contribution < 1.29 is 14.6 Å².